The van der Waals surface area contributed by atoms with Gasteiger partial charge in [0.15, 0.2) is 5.49 Å². The van der Waals surface area contributed by atoms with Gasteiger partial charge in [-0.2, -0.15) is 0 Å². The van der Waals surface area contributed by atoms with Crippen LogP contribution in [-0.4, -0.2) is 10.4 Å². The predicted molar refractivity (Wildman–Crippen MR) is 96.1 cm³/mol. The summed E-state index contributed by atoms with van der Waals surface area (Å²) in [5, 5.41) is 17.3. The van der Waals surface area contributed by atoms with Crippen molar-refractivity contribution in [2.75, 3.05) is 0 Å². The smallest absolute Gasteiger partial charge is 0.350 e. The van der Waals surface area contributed by atoms with E-state index in [9.17, 15) is 0 Å². The molecule has 3 rings (SSSR count). The van der Waals surface area contributed by atoms with Crippen molar-refractivity contribution >= 4 is 11.7 Å². The molecule has 2 heterocycles. The van der Waals surface area contributed by atoms with Crippen LogP contribution in [0.2, 0.25) is 0 Å². The highest BCUT2D eigenvalue weighted by Crippen LogP contribution is 2.08. The summed E-state index contributed by atoms with van der Waals surface area (Å²) >= 11 is 0. The Morgan fingerprint density at radius 2 is 1.65 bits per heavy atom. The van der Waals surface area contributed by atoms with E-state index in [2.05, 4.69) is 20.4 Å². The first-order chi connectivity index (χ1) is 12.2. The largest absolute Gasteiger partial charge is 1.00 e. The maximum Gasteiger partial charge on any atom is 0.350 e. The third-order valence-corrected chi connectivity index (χ3v) is 3.58. The molecule has 0 radical (unpaired) electrons. The van der Waals surface area contributed by atoms with E-state index < -0.39 is 0 Å². The molecule has 0 saturated carbocycles. The molecule has 0 unspecified atom stereocenters. The summed E-state index contributed by atoms with van der Waals surface area (Å²) in [6.07, 6.45) is 3.84. The quantitative estimate of drug-likeness (QED) is 0.204. The second kappa shape index (κ2) is 9.39. The van der Waals surface area contributed by atoms with Gasteiger partial charge in [-0.3, -0.25) is 0 Å². The van der Waals surface area contributed by atoms with Crippen LogP contribution in [0, 0.1) is 0 Å². The first-order valence-electron chi connectivity index (χ1n) is 7.89. The molecule has 0 amide bonds. The summed E-state index contributed by atoms with van der Waals surface area (Å²) < 4.78 is 3.78. The van der Waals surface area contributed by atoms with Crippen molar-refractivity contribution < 1.29 is 17.0 Å². The molecule has 0 atom stereocenters. The number of pyridine rings is 2. The Hall–Kier alpha value is -3.12. The first-order valence-corrected chi connectivity index (χ1v) is 7.89. The summed E-state index contributed by atoms with van der Waals surface area (Å²) in [7, 11) is 3.84. The summed E-state index contributed by atoms with van der Waals surface area (Å²) in [6.45, 7) is 0. The minimum Gasteiger partial charge on any atom is -1.00 e. The van der Waals surface area contributed by atoms with Crippen molar-refractivity contribution in [3.05, 3.63) is 90.2 Å². The third kappa shape index (κ3) is 4.94. The Morgan fingerprint density at radius 3 is 2.38 bits per heavy atom. The SMILES string of the molecule is Cn1ccccc1=NN=C(N=Nc1cccc[n+]1C)c1ccccc1.[Cl-]. The zero-order chi connectivity index (χ0) is 17.5. The van der Waals surface area contributed by atoms with E-state index in [1.54, 1.807) is 0 Å². The fourth-order valence-corrected chi connectivity index (χ4v) is 2.16. The zero-order valence-electron chi connectivity index (χ0n) is 14.6. The highest BCUT2D eigenvalue weighted by molar-refractivity contribution is 5.99. The number of hydrogen-bond donors (Lipinski definition) is 0. The van der Waals surface area contributed by atoms with E-state index >= 15 is 0 Å². The second-order valence-corrected chi connectivity index (χ2v) is 5.43. The first kappa shape index (κ1) is 19.2. The van der Waals surface area contributed by atoms with Crippen LogP contribution in [0.5, 0.6) is 0 Å². The fraction of sp³-hybridized carbons (Fsp3) is 0.105. The summed E-state index contributed by atoms with van der Waals surface area (Å²) in [4.78, 5) is 0. The Balaban J connectivity index is 0.00000243. The molecule has 0 aliphatic rings. The molecule has 0 aliphatic carbocycles. The lowest BCUT2D eigenvalue weighted by Crippen LogP contribution is -3.00. The van der Waals surface area contributed by atoms with Gasteiger partial charge in [0.1, 0.15) is 0 Å². The van der Waals surface area contributed by atoms with Crippen molar-refractivity contribution in [3.8, 4) is 0 Å². The van der Waals surface area contributed by atoms with Gasteiger partial charge >= 0.3 is 5.82 Å². The molecule has 6 nitrogen and oxygen atoms in total. The molecule has 2 aromatic heterocycles. The van der Waals surface area contributed by atoms with Gasteiger partial charge in [-0.05, 0) is 23.3 Å². The second-order valence-electron chi connectivity index (χ2n) is 5.43. The van der Waals surface area contributed by atoms with E-state index in [-0.39, 0.29) is 12.4 Å². The number of azo groups is 1. The van der Waals surface area contributed by atoms with Crippen LogP contribution in [0.15, 0.2) is 99.6 Å². The molecule has 1 aromatic carbocycles. The minimum atomic E-state index is 0. The van der Waals surface area contributed by atoms with Crippen molar-refractivity contribution in [2.24, 2.45) is 34.5 Å². The molecule has 132 valence electrons. The molecule has 0 aliphatic heterocycles. The Morgan fingerprint density at radius 1 is 0.923 bits per heavy atom. The van der Waals surface area contributed by atoms with Gasteiger partial charge in [0, 0.05) is 24.9 Å². The average Bonchev–Trinajstić information content (AvgIpc) is 2.65. The molecule has 26 heavy (non-hydrogen) atoms. The highest BCUT2D eigenvalue weighted by atomic mass is 35.5. The minimum absolute atomic E-state index is 0. The topological polar surface area (TPSA) is 58.2 Å². The maximum atomic E-state index is 4.32. The van der Waals surface area contributed by atoms with Crippen LogP contribution in [0.3, 0.4) is 0 Å². The molecular formula is C19H19ClN6. The molecular weight excluding hydrogens is 348 g/mol. The Kier molecular flexibility index (Phi) is 6.93. The van der Waals surface area contributed by atoms with Gasteiger partial charge in [-0.1, -0.05) is 42.5 Å². The number of rotatable bonds is 3. The lowest BCUT2D eigenvalue weighted by Gasteiger charge is -1.97. The van der Waals surface area contributed by atoms with Crippen LogP contribution in [0.4, 0.5) is 5.82 Å². The maximum absolute atomic E-state index is 4.32. The fourth-order valence-electron chi connectivity index (χ4n) is 2.16. The normalized spacial score (nSPS) is 12.2. The summed E-state index contributed by atoms with van der Waals surface area (Å²) in [5.41, 5.74) is 1.59. The van der Waals surface area contributed by atoms with Gasteiger partial charge in [0.2, 0.25) is 5.84 Å². The summed E-state index contributed by atoms with van der Waals surface area (Å²) in [5.74, 6) is 1.18. The van der Waals surface area contributed by atoms with Crippen LogP contribution in [-0.2, 0) is 14.1 Å². The summed E-state index contributed by atoms with van der Waals surface area (Å²) in [6, 6.07) is 21.2. The van der Waals surface area contributed by atoms with Gasteiger partial charge in [-0.25, -0.2) is 4.57 Å². The zero-order valence-corrected chi connectivity index (χ0v) is 15.3. The number of aryl methyl sites for hydroxylation is 2. The molecule has 7 heteroatoms. The third-order valence-electron chi connectivity index (χ3n) is 3.58. The number of halogens is 1. The van der Waals surface area contributed by atoms with Crippen LogP contribution < -0.4 is 22.5 Å². The van der Waals surface area contributed by atoms with Gasteiger partial charge in [-0.15, -0.1) is 10.2 Å². The van der Waals surface area contributed by atoms with Gasteiger partial charge in [0.05, 0.1) is 18.4 Å². The van der Waals surface area contributed by atoms with E-state index in [0.717, 1.165) is 16.9 Å². The Bertz CT molecular complexity index is 976. The van der Waals surface area contributed by atoms with Crippen LogP contribution >= 0.6 is 0 Å². The molecule has 0 spiro atoms. The Labute approximate surface area is 158 Å². The average molecular weight is 367 g/mol. The molecule has 0 fully saturated rings. The number of benzene rings is 1. The molecule has 0 saturated heterocycles. The number of amidine groups is 1. The van der Waals surface area contributed by atoms with Crippen molar-refractivity contribution in [2.45, 2.75) is 0 Å². The van der Waals surface area contributed by atoms with E-state index in [1.165, 1.54) is 0 Å². The van der Waals surface area contributed by atoms with Crippen molar-refractivity contribution in [3.63, 3.8) is 0 Å². The number of hydrogen-bond acceptors (Lipinski definition) is 3. The van der Waals surface area contributed by atoms with Gasteiger partial charge in [0.25, 0.3) is 0 Å². The standard InChI is InChI=1S/C19H19N6.ClH/c1-24-14-8-6-12-17(24)20-22-19(16-10-4-3-5-11-16)23-21-18-13-7-9-15-25(18)2;/h3-15H,1-2H3;1H/q+1;/p-1. The molecule has 0 bridgehead atoms. The number of aromatic nitrogens is 2. The molecule has 0 N–H and O–H groups in total. The lowest BCUT2D eigenvalue weighted by molar-refractivity contribution is -0.658. The van der Waals surface area contributed by atoms with Crippen molar-refractivity contribution in [1.82, 2.24) is 4.57 Å². The van der Waals surface area contributed by atoms with Crippen LogP contribution in [0.1, 0.15) is 5.56 Å². The van der Waals surface area contributed by atoms with Gasteiger partial charge < -0.3 is 17.0 Å². The predicted octanol–water partition coefficient (Wildman–Crippen LogP) is -0.1000. The number of nitrogens with zero attached hydrogens (tertiary/aromatic N) is 6. The van der Waals surface area contributed by atoms with E-state index in [4.69, 9.17) is 0 Å². The molecule has 3 aromatic rings. The lowest BCUT2D eigenvalue weighted by atomic mass is 10.2. The van der Waals surface area contributed by atoms with E-state index in [1.807, 2.05) is 102 Å². The monoisotopic (exact) mass is 366 g/mol. The van der Waals surface area contributed by atoms with Crippen molar-refractivity contribution in [1.29, 1.82) is 0 Å². The van der Waals surface area contributed by atoms with E-state index in [0.29, 0.717) is 5.84 Å². The highest BCUT2D eigenvalue weighted by Gasteiger charge is 2.08. The van der Waals surface area contributed by atoms with Crippen LogP contribution in [0.25, 0.3) is 0 Å².